The smallest absolute Gasteiger partial charge is 0.192 e. The molecule has 2 saturated heterocycles. The van der Waals surface area contributed by atoms with E-state index in [9.17, 15) is 5.11 Å². The summed E-state index contributed by atoms with van der Waals surface area (Å²) in [6.07, 6.45) is 2.45. The Bertz CT molecular complexity index is 936. The molecule has 2 aliphatic heterocycles. The number of para-hydroxylation sites is 1. The van der Waals surface area contributed by atoms with E-state index in [-0.39, 0.29) is 6.10 Å². The highest BCUT2D eigenvalue weighted by Gasteiger charge is 2.51. The fraction of sp³-hybridized carbons (Fsp3) is 0.471. The van der Waals surface area contributed by atoms with Crippen LogP contribution in [-0.4, -0.2) is 44.1 Å². The van der Waals surface area contributed by atoms with Gasteiger partial charge in [-0.1, -0.05) is 17.3 Å². The van der Waals surface area contributed by atoms with E-state index in [1.165, 1.54) is 0 Å². The van der Waals surface area contributed by atoms with E-state index in [1.54, 1.807) is 10.9 Å². The van der Waals surface area contributed by atoms with Gasteiger partial charge in [0.1, 0.15) is 11.2 Å². The Kier molecular flexibility index (Phi) is 3.21. The number of aryl methyl sites for hydroxylation is 1. The third-order valence-electron chi connectivity index (χ3n) is 4.90. The van der Waals surface area contributed by atoms with Crippen molar-refractivity contribution < 1.29 is 19.0 Å². The van der Waals surface area contributed by atoms with Gasteiger partial charge in [-0.3, -0.25) is 0 Å². The molecule has 4 heterocycles. The molecule has 1 N–H and O–H groups in total. The van der Waals surface area contributed by atoms with Crippen LogP contribution in [0.1, 0.15) is 30.0 Å². The van der Waals surface area contributed by atoms with Crippen molar-refractivity contribution in [3.63, 3.8) is 0 Å². The molecule has 0 radical (unpaired) electrons. The first-order valence-corrected chi connectivity index (χ1v) is 8.37. The normalized spacial score (nSPS) is 28.7. The molecule has 0 aliphatic carbocycles. The zero-order chi connectivity index (χ0) is 17.0. The molecule has 0 amide bonds. The summed E-state index contributed by atoms with van der Waals surface area (Å²) >= 11 is 0. The van der Waals surface area contributed by atoms with E-state index in [0.29, 0.717) is 31.2 Å². The molecule has 5 rings (SSSR count). The van der Waals surface area contributed by atoms with Gasteiger partial charge in [-0.2, -0.15) is 0 Å². The van der Waals surface area contributed by atoms with Crippen LogP contribution >= 0.6 is 0 Å². The Balaban J connectivity index is 1.44. The Morgan fingerprint density at radius 1 is 1.40 bits per heavy atom. The topological polar surface area (TPSA) is 95.4 Å². The third kappa shape index (κ3) is 2.37. The minimum atomic E-state index is -1.25. The van der Waals surface area contributed by atoms with Crippen LogP contribution in [-0.2, 0) is 21.6 Å². The minimum Gasteiger partial charge on any atom is -0.441 e. The van der Waals surface area contributed by atoms with E-state index in [0.717, 1.165) is 23.1 Å². The SMILES string of the molecule is Cc1nc2cccc(Cn3cc(C4(O)CC[C@H]5CO[C@@H]4O5)nn3)c2o1. The quantitative estimate of drug-likeness (QED) is 0.770. The van der Waals surface area contributed by atoms with Crippen LogP contribution < -0.4 is 0 Å². The fourth-order valence-corrected chi connectivity index (χ4v) is 3.59. The van der Waals surface area contributed by atoms with Gasteiger partial charge in [0, 0.05) is 12.5 Å². The second kappa shape index (κ2) is 5.35. The molecule has 25 heavy (non-hydrogen) atoms. The van der Waals surface area contributed by atoms with Crippen molar-refractivity contribution in [2.45, 2.75) is 44.3 Å². The standard InChI is InChI=1S/C17H18N4O4/c1-10-18-13-4-2-3-11(15(13)24-10)7-21-8-14(19-20-21)17(22)6-5-12-9-23-16(17)25-12/h2-4,8,12,16,22H,5-7,9H2,1H3/t12-,16+,17?/m0/s1. The first-order chi connectivity index (χ1) is 12.1. The highest BCUT2D eigenvalue weighted by atomic mass is 16.7. The van der Waals surface area contributed by atoms with Gasteiger partial charge in [0.25, 0.3) is 0 Å². The van der Waals surface area contributed by atoms with Gasteiger partial charge < -0.3 is 19.0 Å². The maximum Gasteiger partial charge on any atom is 0.192 e. The average Bonchev–Trinajstić information content (AvgIpc) is 3.30. The number of aromatic nitrogens is 4. The summed E-state index contributed by atoms with van der Waals surface area (Å²) in [5.74, 6) is 0.628. The monoisotopic (exact) mass is 342 g/mol. The second-order valence-corrected chi connectivity index (χ2v) is 6.69. The van der Waals surface area contributed by atoms with Crippen LogP contribution in [0.25, 0.3) is 11.1 Å². The third-order valence-corrected chi connectivity index (χ3v) is 4.90. The summed E-state index contributed by atoms with van der Waals surface area (Å²) in [5, 5.41) is 19.3. The van der Waals surface area contributed by atoms with Crippen LogP contribution in [0, 0.1) is 6.92 Å². The first-order valence-electron chi connectivity index (χ1n) is 8.37. The number of fused-ring (bicyclic) bond motifs is 3. The molecule has 1 aromatic carbocycles. The van der Waals surface area contributed by atoms with Gasteiger partial charge in [-0.25, -0.2) is 9.67 Å². The number of aliphatic hydroxyl groups is 1. The number of hydrogen-bond acceptors (Lipinski definition) is 7. The molecule has 3 aromatic rings. The van der Waals surface area contributed by atoms with E-state index in [2.05, 4.69) is 15.3 Å². The summed E-state index contributed by atoms with van der Waals surface area (Å²) in [4.78, 5) is 4.35. The van der Waals surface area contributed by atoms with Crippen LogP contribution in [0.4, 0.5) is 0 Å². The van der Waals surface area contributed by atoms with Gasteiger partial charge >= 0.3 is 0 Å². The molecule has 8 nitrogen and oxygen atoms in total. The lowest BCUT2D eigenvalue weighted by molar-refractivity contribution is -0.219. The maximum absolute atomic E-state index is 11.0. The van der Waals surface area contributed by atoms with Crippen LogP contribution in [0.5, 0.6) is 0 Å². The van der Waals surface area contributed by atoms with Gasteiger partial charge in [0.15, 0.2) is 23.4 Å². The van der Waals surface area contributed by atoms with Crippen molar-refractivity contribution in [1.29, 1.82) is 0 Å². The Hall–Kier alpha value is -2.29. The molecule has 3 atom stereocenters. The molecule has 2 aliphatic rings. The number of rotatable bonds is 3. The zero-order valence-electron chi connectivity index (χ0n) is 13.8. The fourth-order valence-electron chi connectivity index (χ4n) is 3.59. The lowest BCUT2D eigenvalue weighted by atomic mass is 9.90. The molecule has 0 saturated carbocycles. The lowest BCUT2D eigenvalue weighted by Crippen LogP contribution is -2.44. The number of benzene rings is 1. The summed E-state index contributed by atoms with van der Waals surface area (Å²) < 4.78 is 18.6. The largest absolute Gasteiger partial charge is 0.441 e. The molecule has 8 heteroatoms. The summed E-state index contributed by atoms with van der Waals surface area (Å²) in [6.45, 7) is 2.82. The molecule has 2 aromatic heterocycles. The van der Waals surface area contributed by atoms with E-state index < -0.39 is 11.9 Å². The van der Waals surface area contributed by atoms with Gasteiger partial charge in [0.2, 0.25) is 0 Å². The summed E-state index contributed by atoms with van der Waals surface area (Å²) in [5.41, 5.74) is 1.75. The predicted octanol–water partition coefficient (Wildman–Crippen LogP) is 1.50. The molecular formula is C17H18N4O4. The highest BCUT2D eigenvalue weighted by Crippen LogP contribution is 2.40. The van der Waals surface area contributed by atoms with Crippen molar-refractivity contribution in [2.24, 2.45) is 0 Å². The summed E-state index contributed by atoms with van der Waals surface area (Å²) in [6, 6.07) is 5.82. The lowest BCUT2D eigenvalue weighted by Gasteiger charge is -2.34. The van der Waals surface area contributed by atoms with E-state index in [1.807, 2.05) is 25.1 Å². The predicted molar refractivity (Wildman–Crippen MR) is 85.6 cm³/mol. The van der Waals surface area contributed by atoms with Crippen molar-refractivity contribution in [3.8, 4) is 0 Å². The number of nitrogens with zero attached hydrogens (tertiary/aromatic N) is 4. The Labute approximate surface area is 143 Å². The van der Waals surface area contributed by atoms with Crippen molar-refractivity contribution in [3.05, 3.63) is 41.5 Å². The van der Waals surface area contributed by atoms with Gasteiger partial charge in [-0.05, 0) is 18.9 Å². The second-order valence-electron chi connectivity index (χ2n) is 6.69. The van der Waals surface area contributed by atoms with Gasteiger partial charge in [-0.15, -0.1) is 5.10 Å². The first kappa shape index (κ1) is 15.0. The Morgan fingerprint density at radius 2 is 2.32 bits per heavy atom. The molecule has 130 valence electrons. The average molecular weight is 342 g/mol. The number of oxazole rings is 1. The van der Waals surface area contributed by atoms with Crippen molar-refractivity contribution in [2.75, 3.05) is 6.61 Å². The summed E-state index contributed by atoms with van der Waals surface area (Å²) in [7, 11) is 0. The number of hydrogen-bond donors (Lipinski definition) is 1. The van der Waals surface area contributed by atoms with Gasteiger partial charge in [0.05, 0.1) is 25.5 Å². The molecule has 0 spiro atoms. The van der Waals surface area contributed by atoms with Crippen LogP contribution in [0.2, 0.25) is 0 Å². The van der Waals surface area contributed by atoms with Crippen LogP contribution in [0.15, 0.2) is 28.8 Å². The molecule has 1 unspecified atom stereocenters. The molecular weight excluding hydrogens is 324 g/mol. The minimum absolute atomic E-state index is 0.0765. The molecule has 2 fully saturated rings. The molecule has 2 bridgehead atoms. The zero-order valence-corrected chi connectivity index (χ0v) is 13.8. The van der Waals surface area contributed by atoms with E-state index in [4.69, 9.17) is 13.9 Å². The van der Waals surface area contributed by atoms with Crippen molar-refractivity contribution >= 4 is 11.1 Å². The maximum atomic E-state index is 11.0. The Morgan fingerprint density at radius 3 is 3.24 bits per heavy atom. The highest BCUT2D eigenvalue weighted by molar-refractivity contribution is 5.76. The van der Waals surface area contributed by atoms with Crippen molar-refractivity contribution in [1.82, 2.24) is 20.0 Å². The van der Waals surface area contributed by atoms with Crippen LogP contribution in [0.3, 0.4) is 0 Å². The number of ether oxygens (including phenoxy) is 2. The van der Waals surface area contributed by atoms with E-state index >= 15 is 0 Å².